The molecule has 0 radical (unpaired) electrons. The summed E-state index contributed by atoms with van der Waals surface area (Å²) in [4.78, 5) is 21.8. The molecule has 2 N–H and O–H groups in total. The second kappa shape index (κ2) is 4.69. The number of hydrogen-bond acceptors (Lipinski definition) is 5. The molecule has 1 atom stereocenters. The van der Waals surface area contributed by atoms with Gasteiger partial charge in [0, 0.05) is 6.26 Å². The molecule has 8 heteroatoms. The van der Waals surface area contributed by atoms with Gasteiger partial charge in [0.25, 0.3) is 0 Å². The van der Waals surface area contributed by atoms with Crippen molar-refractivity contribution >= 4 is 21.9 Å². The van der Waals surface area contributed by atoms with Crippen molar-refractivity contribution in [2.45, 2.75) is 24.6 Å². The number of sulfone groups is 1. The van der Waals surface area contributed by atoms with E-state index in [9.17, 15) is 18.0 Å². The molecule has 0 fully saturated rings. The highest BCUT2D eigenvalue weighted by Gasteiger charge is 2.44. The van der Waals surface area contributed by atoms with E-state index in [1.54, 1.807) is 0 Å². The lowest BCUT2D eigenvalue weighted by Crippen LogP contribution is -2.57. The van der Waals surface area contributed by atoms with Gasteiger partial charge in [-0.05, 0) is 13.8 Å². The fourth-order valence-electron chi connectivity index (χ4n) is 0.924. The van der Waals surface area contributed by atoms with E-state index in [-0.39, 0.29) is 0 Å². The lowest BCUT2D eigenvalue weighted by atomic mass is 10.0. The highest BCUT2D eigenvalue weighted by Crippen LogP contribution is 2.20. The monoisotopic (exact) mass is 253 g/mol. The van der Waals surface area contributed by atoms with Crippen molar-refractivity contribution in [3.63, 3.8) is 0 Å². The quantitative estimate of drug-likeness (QED) is 0.706. The number of carboxylic acid groups (broad SMARTS) is 1. The van der Waals surface area contributed by atoms with Gasteiger partial charge in [-0.25, -0.2) is 18.0 Å². The molecule has 0 unspecified atom stereocenters. The molecule has 0 spiro atoms. The summed E-state index contributed by atoms with van der Waals surface area (Å²) < 4.78 is 25.4. The lowest BCUT2D eigenvalue weighted by Gasteiger charge is -2.29. The van der Waals surface area contributed by atoms with Crippen molar-refractivity contribution in [3.8, 4) is 0 Å². The predicted octanol–water partition coefficient (Wildman–Crippen LogP) is -0.381. The zero-order valence-corrected chi connectivity index (χ0v) is 10.3. The normalized spacial score (nSPS) is 14.0. The molecule has 7 nitrogen and oxygen atoms in total. The molecule has 0 aromatic rings. The standard InChI is InChI=1S/C8H15NO6S/c1-8(2,16(4,13)14)5(6(10)11)9-7(12)15-3/h5H,1-4H3,(H,9,12)(H,10,11)/t5-/m1/s1. The molecule has 1 amide bonds. The van der Waals surface area contributed by atoms with Gasteiger partial charge in [0.15, 0.2) is 9.84 Å². The number of ether oxygens (including phenoxy) is 1. The Morgan fingerprint density at radius 2 is 1.81 bits per heavy atom. The first-order chi connectivity index (χ1) is 7.04. The minimum Gasteiger partial charge on any atom is -0.480 e. The van der Waals surface area contributed by atoms with Crippen LogP contribution in [0.4, 0.5) is 4.79 Å². The summed E-state index contributed by atoms with van der Waals surface area (Å²) in [5.41, 5.74) is 0. The fourth-order valence-corrected chi connectivity index (χ4v) is 1.51. The van der Waals surface area contributed by atoms with E-state index in [1.807, 2.05) is 5.32 Å². The first-order valence-corrected chi connectivity index (χ1v) is 6.20. The maximum Gasteiger partial charge on any atom is 0.407 e. The third-order valence-corrected chi connectivity index (χ3v) is 4.49. The maximum absolute atomic E-state index is 11.4. The molecule has 0 aliphatic heterocycles. The summed E-state index contributed by atoms with van der Waals surface area (Å²) in [7, 11) is -2.59. The average Bonchev–Trinajstić information content (AvgIpc) is 2.10. The van der Waals surface area contributed by atoms with Crippen molar-refractivity contribution in [3.05, 3.63) is 0 Å². The minimum atomic E-state index is -3.65. The van der Waals surface area contributed by atoms with Crippen molar-refractivity contribution in [2.24, 2.45) is 0 Å². The Labute approximate surface area is 93.7 Å². The minimum absolute atomic E-state index is 0.905. The fraction of sp³-hybridized carbons (Fsp3) is 0.750. The summed E-state index contributed by atoms with van der Waals surface area (Å²) in [6.45, 7) is 2.44. The van der Waals surface area contributed by atoms with Crippen LogP contribution in [0.2, 0.25) is 0 Å². The molecule has 0 aromatic carbocycles. The summed E-state index contributed by atoms with van der Waals surface area (Å²) in [6, 6.07) is -1.57. The van der Waals surface area contributed by atoms with Crippen molar-refractivity contribution in [1.29, 1.82) is 0 Å². The van der Waals surface area contributed by atoms with Crippen molar-refractivity contribution in [2.75, 3.05) is 13.4 Å². The number of carbonyl (C=O) groups is 2. The first-order valence-electron chi connectivity index (χ1n) is 4.31. The molecule has 94 valence electrons. The van der Waals surface area contributed by atoms with Gasteiger partial charge in [-0.1, -0.05) is 0 Å². The summed E-state index contributed by atoms with van der Waals surface area (Å²) in [5.74, 6) is -1.44. The second-order valence-corrected chi connectivity index (χ2v) is 6.38. The van der Waals surface area contributed by atoms with Gasteiger partial charge in [0.1, 0.15) is 6.04 Å². The topological polar surface area (TPSA) is 110 Å². The van der Waals surface area contributed by atoms with Crippen LogP contribution in [0.3, 0.4) is 0 Å². The largest absolute Gasteiger partial charge is 0.480 e. The molecule has 0 aromatic heterocycles. The van der Waals surface area contributed by atoms with Crippen LogP contribution in [0.25, 0.3) is 0 Å². The molecule has 16 heavy (non-hydrogen) atoms. The second-order valence-electron chi connectivity index (χ2n) is 3.78. The Hall–Kier alpha value is -1.31. The summed E-state index contributed by atoms with van der Waals surface area (Å²) in [5, 5.41) is 10.9. The van der Waals surface area contributed by atoms with E-state index in [2.05, 4.69) is 4.74 Å². The Bertz CT molecular complexity index is 385. The molecule has 0 saturated heterocycles. The van der Waals surface area contributed by atoms with E-state index in [4.69, 9.17) is 5.11 Å². The van der Waals surface area contributed by atoms with Gasteiger partial charge in [-0.15, -0.1) is 0 Å². The van der Waals surface area contributed by atoms with E-state index in [0.29, 0.717) is 0 Å². The SMILES string of the molecule is COC(=O)N[C@H](C(=O)O)C(C)(C)S(C)(=O)=O. The van der Waals surface area contributed by atoms with Crippen LogP contribution in [0.5, 0.6) is 0 Å². The van der Waals surface area contributed by atoms with Crippen LogP contribution in [0, 0.1) is 0 Å². The Morgan fingerprint density at radius 1 is 1.38 bits per heavy atom. The number of nitrogens with one attached hydrogen (secondary N) is 1. The number of carboxylic acids is 1. The number of rotatable bonds is 4. The van der Waals surface area contributed by atoms with Gasteiger partial charge in [0.05, 0.1) is 11.9 Å². The van der Waals surface area contributed by atoms with E-state index in [1.165, 1.54) is 13.8 Å². The van der Waals surface area contributed by atoms with Gasteiger partial charge >= 0.3 is 12.1 Å². The number of carbonyl (C=O) groups excluding carboxylic acids is 1. The van der Waals surface area contributed by atoms with Crippen LogP contribution in [0.15, 0.2) is 0 Å². The molecular weight excluding hydrogens is 238 g/mol. The van der Waals surface area contributed by atoms with E-state index < -0.39 is 32.7 Å². The first kappa shape index (κ1) is 14.7. The van der Waals surface area contributed by atoms with Crippen LogP contribution < -0.4 is 5.32 Å². The molecule has 0 saturated carbocycles. The van der Waals surface area contributed by atoms with Crippen molar-refractivity contribution < 1.29 is 27.9 Å². The third-order valence-electron chi connectivity index (χ3n) is 2.35. The molecule has 0 rings (SSSR count). The van der Waals surface area contributed by atoms with Gasteiger partial charge in [-0.3, -0.25) is 0 Å². The Kier molecular flexibility index (Phi) is 4.30. The van der Waals surface area contributed by atoms with Gasteiger partial charge in [0.2, 0.25) is 0 Å². The highest BCUT2D eigenvalue weighted by molar-refractivity contribution is 7.92. The molecule has 0 aliphatic carbocycles. The van der Waals surface area contributed by atoms with Crippen LogP contribution in [0.1, 0.15) is 13.8 Å². The predicted molar refractivity (Wildman–Crippen MR) is 55.9 cm³/mol. The number of alkyl carbamates (subject to hydrolysis) is 1. The molecular formula is C8H15NO6S. The van der Waals surface area contributed by atoms with E-state index >= 15 is 0 Å². The molecule has 0 bridgehead atoms. The Morgan fingerprint density at radius 3 is 2.06 bits per heavy atom. The average molecular weight is 253 g/mol. The third kappa shape index (κ3) is 3.09. The molecule has 0 heterocycles. The van der Waals surface area contributed by atoms with Gasteiger partial charge < -0.3 is 15.2 Å². The zero-order valence-electron chi connectivity index (χ0n) is 9.47. The number of aliphatic carboxylic acids is 1. The maximum atomic E-state index is 11.4. The number of amides is 1. The number of hydrogen-bond donors (Lipinski definition) is 2. The number of methoxy groups -OCH3 is 1. The van der Waals surface area contributed by atoms with E-state index in [0.717, 1.165) is 13.4 Å². The van der Waals surface area contributed by atoms with Gasteiger partial charge in [-0.2, -0.15) is 0 Å². The Balaban J connectivity index is 5.23. The van der Waals surface area contributed by atoms with Crippen LogP contribution in [-0.4, -0.2) is 49.7 Å². The van der Waals surface area contributed by atoms with Crippen LogP contribution >= 0.6 is 0 Å². The lowest BCUT2D eigenvalue weighted by molar-refractivity contribution is -0.140. The highest BCUT2D eigenvalue weighted by atomic mass is 32.2. The van der Waals surface area contributed by atoms with Crippen molar-refractivity contribution in [1.82, 2.24) is 5.32 Å². The zero-order chi connectivity index (χ0) is 13.1. The summed E-state index contributed by atoms with van der Waals surface area (Å²) >= 11 is 0. The smallest absolute Gasteiger partial charge is 0.407 e. The molecule has 0 aliphatic rings. The van der Waals surface area contributed by atoms with Crippen LogP contribution in [-0.2, 0) is 19.4 Å². The summed E-state index contributed by atoms with van der Waals surface area (Å²) in [6.07, 6.45) is -0.0915.